The van der Waals surface area contributed by atoms with E-state index >= 15 is 0 Å². The number of phenols is 1. The van der Waals surface area contributed by atoms with Crippen LogP contribution in [-0.2, 0) is 0 Å². The van der Waals surface area contributed by atoms with E-state index in [0.717, 1.165) is 11.1 Å². The van der Waals surface area contributed by atoms with E-state index in [-0.39, 0.29) is 5.75 Å². The standard InChI is InChI=1S/C12H13N3O2/c1-17-10-3-2-7(4-9(10)16)8-5-11(13)15-12(14)6-8/h2-6,16H,1H3,(H4,13,14,15). The number of hydrogen-bond acceptors (Lipinski definition) is 5. The van der Waals surface area contributed by atoms with Gasteiger partial charge in [0, 0.05) is 0 Å². The van der Waals surface area contributed by atoms with E-state index in [9.17, 15) is 5.11 Å². The summed E-state index contributed by atoms with van der Waals surface area (Å²) in [5, 5.41) is 9.69. The van der Waals surface area contributed by atoms with E-state index in [4.69, 9.17) is 16.2 Å². The van der Waals surface area contributed by atoms with Crippen LogP contribution in [0, 0.1) is 0 Å². The molecule has 0 atom stereocenters. The van der Waals surface area contributed by atoms with Crippen LogP contribution in [0.1, 0.15) is 0 Å². The summed E-state index contributed by atoms with van der Waals surface area (Å²) in [6.45, 7) is 0. The van der Waals surface area contributed by atoms with Crippen molar-refractivity contribution >= 4 is 11.6 Å². The Balaban J connectivity index is 2.49. The number of aromatic hydroxyl groups is 1. The number of nitrogens with two attached hydrogens (primary N) is 2. The zero-order chi connectivity index (χ0) is 12.4. The van der Waals surface area contributed by atoms with Gasteiger partial charge in [-0.1, -0.05) is 6.07 Å². The number of hydrogen-bond donors (Lipinski definition) is 3. The largest absolute Gasteiger partial charge is 0.504 e. The van der Waals surface area contributed by atoms with Crippen molar-refractivity contribution in [3.63, 3.8) is 0 Å². The summed E-state index contributed by atoms with van der Waals surface area (Å²) in [7, 11) is 1.50. The molecule has 5 N–H and O–H groups in total. The summed E-state index contributed by atoms with van der Waals surface area (Å²) in [4.78, 5) is 3.88. The van der Waals surface area contributed by atoms with Crippen molar-refractivity contribution in [3.8, 4) is 22.6 Å². The van der Waals surface area contributed by atoms with E-state index < -0.39 is 0 Å². The average Bonchev–Trinajstić information content (AvgIpc) is 2.27. The highest BCUT2D eigenvalue weighted by molar-refractivity contribution is 5.71. The molecule has 0 saturated heterocycles. The molecule has 0 saturated carbocycles. The van der Waals surface area contributed by atoms with E-state index in [0.29, 0.717) is 17.4 Å². The Kier molecular flexibility index (Phi) is 2.74. The van der Waals surface area contributed by atoms with E-state index in [1.165, 1.54) is 7.11 Å². The summed E-state index contributed by atoms with van der Waals surface area (Å²) in [6.07, 6.45) is 0. The van der Waals surface area contributed by atoms with Crippen molar-refractivity contribution in [2.75, 3.05) is 18.6 Å². The van der Waals surface area contributed by atoms with Crippen molar-refractivity contribution < 1.29 is 9.84 Å². The second-order valence-corrected chi connectivity index (χ2v) is 3.59. The maximum absolute atomic E-state index is 9.69. The summed E-state index contributed by atoms with van der Waals surface area (Å²) < 4.78 is 4.97. The van der Waals surface area contributed by atoms with Gasteiger partial charge >= 0.3 is 0 Å². The molecule has 0 fully saturated rings. The van der Waals surface area contributed by atoms with Crippen LogP contribution >= 0.6 is 0 Å². The van der Waals surface area contributed by atoms with Gasteiger partial charge in [0.25, 0.3) is 0 Å². The first-order chi connectivity index (χ1) is 8.10. The molecule has 88 valence electrons. The van der Waals surface area contributed by atoms with Crippen molar-refractivity contribution in [2.24, 2.45) is 0 Å². The van der Waals surface area contributed by atoms with Crippen LogP contribution in [-0.4, -0.2) is 17.2 Å². The lowest BCUT2D eigenvalue weighted by molar-refractivity contribution is 0.373. The summed E-state index contributed by atoms with van der Waals surface area (Å²) in [6, 6.07) is 8.46. The Morgan fingerprint density at radius 2 is 1.71 bits per heavy atom. The van der Waals surface area contributed by atoms with E-state index in [1.807, 2.05) is 6.07 Å². The summed E-state index contributed by atoms with van der Waals surface area (Å²) >= 11 is 0. The molecule has 0 bridgehead atoms. The number of rotatable bonds is 2. The van der Waals surface area contributed by atoms with E-state index in [2.05, 4.69) is 4.98 Å². The molecule has 0 radical (unpaired) electrons. The molecule has 0 aliphatic carbocycles. The predicted octanol–water partition coefficient (Wildman–Crippen LogP) is 1.63. The highest BCUT2D eigenvalue weighted by Gasteiger charge is 2.06. The lowest BCUT2D eigenvalue weighted by Crippen LogP contribution is -1.96. The molecular formula is C12H13N3O2. The van der Waals surface area contributed by atoms with Crippen LogP contribution in [0.3, 0.4) is 0 Å². The van der Waals surface area contributed by atoms with Gasteiger partial charge in [0.15, 0.2) is 11.5 Å². The first kappa shape index (κ1) is 11.1. The number of ether oxygens (including phenoxy) is 1. The Labute approximate surface area is 98.7 Å². The zero-order valence-corrected chi connectivity index (χ0v) is 9.34. The van der Waals surface area contributed by atoms with Crippen LogP contribution in [0.15, 0.2) is 30.3 Å². The number of nitrogen functional groups attached to an aromatic ring is 2. The lowest BCUT2D eigenvalue weighted by atomic mass is 10.1. The number of methoxy groups -OCH3 is 1. The molecule has 5 nitrogen and oxygen atoms in total. The normalized spacial score (nSPS) is 10.2. The van der Waals surface area contributed by atoms with Gasteiger partial charge in [-0.2, -0.15) is 0 Å². The molecule has 5 heteroatoms. The third kappa shape index (κ3) is 2.23. The monoisotopic (exact) mass is 231 g/mol. The fraction of sp³-hybridized carbons (Fsp3) is 0.0833. The molecule has 0 amide bonds. The molecule has 17 heavy (non-hydrogen) atoms. The Bertz CT molecular complexity index is 535. The number of benzene rings is 1. The predicted molar refractivity (Wildman–Crippen MR) is 66.7 cm³/mol. The Morgan fingerprint density at radius 1 is 1.06 bits per heavy atom. The molecule has 0 spiro atoms. The van der Waals surface area contributed by atoms with Gasteiger partial charge in [0.2, 0.25) is 0 Å². The van der Waals surface area contributed by atoms with Gasteiger partial charge in [-0.05, 0) is 35.4 Å². The maximum atomic E-state index is 9.69. The fourth-order valence-electron chi connectivity index (χ4n) is 1.61. The van der Waals surface area contributed by atoms with Crippen LogP contribution in [0.4, 0.5) is 11.6 Å². The maximum Gasteiger partial charge on any atom is 0.160 e. The molecule has 1 aromatic carbocycles. The summed E-state index contributed by atoms with van der Waals surface area (Å²) in [5.74, 6) is 1.17. The number of phenolic OH excluding ortho intramolecular Hbond substituents is 1. The first-order valence-electron chi connectivity index (χ1n) is 5.00. The minimum atomic E-state index is 0.0685. The molecule has 2 rings (SSSR count). The van der Waals surface area contributed by atoms with Crippen molar-refractivity contribution in [3.05, 3.63) is 30.3 Å². The minimum absolute atomic E-state index is 0.0685. The van der Waals surface area contributed by atoms with Gasteiger partial charge in [0.05, 0.1) is 7.11 Å². The SMILES string of the molecule is COc1ccc(-c2cc(N)nc(N)c2)cc1O. The second kappa shape index (κ2) is 4.21. The lowest BCUT2D eigenvalue weighted by Gasteiger charge is -2.07. The van der Waals surface area contributed by atoms with E-state index in [1.54, 1.807) is 24.3 Å². The number of anilines is 2. The number of nitrogens with zero attached hydrogens (tertiary/aromatic N) is 1. The van der Waals surface area contributed by atoms with Gasteiger partial charge in [0.1, 0.15) is 11.6 Å². The second-order valence-electron chi connectivity index (χ2n) is 3.59. The van der Waals surface area contributed by atoms with Crippen LogP contribution in [0.2, 0.25) is 0 Å². The molecular weight excluding hydrogens is 218 g/mol. The molecule has 1 heterocycles. The van der Waals surface area contributed by atoms with Crippen molar-refractivity contribution in [2.45, 2.75) is 0 Å². The highest BCUT2D eigenvalue weighted by Crippen LogP contribution is 2.32. The molecule has 0 unspecified atom stereocenters. The third-order valence-corrected chi connectivity index (χ3v) is 2.38. The average molecular weight is 231 g/mol. The fourth-order valence-corrected chi connectivity index (χ4v) is 1.61. The van der Waals surface area contributed by atoms with Gasteiger partial charge in [-0.15, -0.1) is 0 Å². The van der Waals surface area contributed by atoms with Crippen LogP contribution < -0.4 is 16.2 Å². The van der Waals surface area contributed by atoms with Crippen LogP contribution in [0.5, 0.6) is 11.5 Å². The summed E-state index contributed by atoms with van der Waals surface area (Å²) in [5.41, 5.74) is 12.8. The smallest absolute Gasteiger partial charge is 0.160 e. The van der Waals surface area contributed by atoms with Gasteiger partial charge in [-0.25, -0.2) is 4.98 Å². The third-order valence-electron chi connectivity index (χ3n) is 2.38. The zero-order valence-electron chi connectivity index (χ0n) is 9.34. The Hall–Kier alpha value is -2.43. The minimum Gasteiger partial charge on any atom is -0.504 e. The number of pyridine rings is 1. The van der Waals surface area contributed by atoms with Crippen molar-refractivity contribution in [1.29, 1.82) is 0 Å². The molecule has 2 aromatic rings. The number of aromatic nitrogens is 1. The van der Waals surface area contributed by atoms with Gasteiger partial charge in [-0.3, -0.25) is 0 Å². The Morgan fingerprint density at radius 3 is 2.24 bits per heavy atom. The molecule has 0 aliphatic rings. The first-order valence-corrected chi connectivity index (χ1v) is 5.00. The van der Waals surface area contributed by atoms with Crippen molar-refractivity contribution in [1.82, 2.24) is 4.98 Å². The van der Waals surface area contributed by atoms with Crippen LogP contribution in [0.25, 0.3) is 11.1 Å². The molecule has 1 aromatic heterocycles. The van der Waals surface area contributed by atoms with Gasteiger partial charge < -0.3 is 21.3 Å². The quantitative estimate of drug-likeness (QED) is 0.730. The molecule has 0 aliphatic heterocycles. The topological polar surface area (TPSA) is 94.4 Å². The highest BCUT2D eigenvalue weighted by atomic mass is 16.5.